The first-order valence-electron chi connectivity index (χ1n) is 10.8. The molecule has 6 nitrogen and oxygen atoms in total. The predicted molar refractivity (Wildman–Crippen MR) is 129 cm³/mol. The quantitative estimate of drug-likeness (QED) is 0.462. The molecule has 0 radical (unpaired) electrons. The molecular weight excluding hydrogens is 455 g/mol. The SMILES string of the molecule is O=C(N[C@@H]1N=C(c2ccccc2F)c2cc(Cl)cc3c2N(CC3)C1=O)c1cc2ccccc2[nH]1. The van der Waals surface area contributed by atoms with Crippen LogP contribution in [0.1, 0.15) is 27.2 Å². The number of hydrogen-bond acceptors (Lipinski definition) is 3. The van der Waals surface area contributed by atoms with Gasteiger partial charge in [0.25, 0.3) is 11.8 Å². The molecule has 0 aliphatic carbocycles. The number of amides is 2. The highest BCUT2D eigenvalue weighted by Gasteiger charge is 2.38. The van der Waals surface area contributed by atoms with Gasteiger partial charge in [0.1, 0.15) is 11.5 Å². The molecule has 4 aromatic rings. The van der Waals surface area contributed by atoms with Crippen molar-refractivity contribution in [2.24, 2.45) is 4.99 Å². The molecule has 2 aliphatic rings. The number of carbonyl (C=O) groups excluding carboxylic acids is 2. The number of nitrogens with one attached hydrogen (secondary N) is 2. The van der Waals surface area contributed by atoms with Crippen molar-refractivity contribution in [2.45, 2.75) is 12.6 Å². The van der Waals surface area contributed by atoms with Crippen molar-refractivity contribution < 1.29 is 14.0 Å². The molecule has 0 saturated carbocycles. The Bertz CT molecular complexity index is 1490. The second-order valence-corrected chi connectivity index (χ2v) is 8.74. The van der Waals surface area contributed by atoms with E-state index in [0.717, 1.165) is 16.5 Å². The highest BCUT2D eigenvalue weighted by molar-refractivity contribution is 6.32. The zero-order chi connectivity index (χ0) is 23.4. The van der Waals surface area contributed by atoms with Gasteiger partial charge in [-0.25, -0.2) is 9.38 Å². The fourth-order valence-corrected chi connectivity index (χ4v) is 4.91. The predicted octanol–water partition coefficient (Wildman–Crippen LogP) is 4.46. The van der Waals surface area contributed by atoms with Crippen molar-refractivity contribution >= 4 is 45.7 Å². The topological polar surface area (TPSA) is 77.6 Å². The number of para-hydroxylation sites is 1. The van der Waals surface area contributed by atoms with Gasteiger partial charge in [0, 0.05) is 33.6 Å². The number of nitrogens with zero attached hydrogens (tertiary/aromatic N) is 2. The van der Waals surface area contributed by atoms with E-state index >= 15 is 0 Å². The molecule has 1 aromatic heterocycles. The fraction of sp³-hybridized carbons (Fsp3) is 0.115. The van der Waals surface area contributed by atoms with Gasteiger partial charge >= 0.3 is 0 Å². The van der Waals surface area contributed by atoms with Crippen LogP contribution in [0.15, 0.2) is 71.7 Å². The zero-order valence-electron chi connectivity index (χ0n) is 17.8. The van der Waals surface area contributed by atoms with E-state index in [0.29, 0.717) is 34.9 Å². The third-order valence-corrected chi connectivity index (χ3v) is 6.43. The van der Waals surface area contributed by atoms with Crippen molar-refractivity contribution in [1.29, 1.82) is 0 Å². The molecule has 8 heteroatoms. The van der Waals surface area contributed by atoms with Gasteiger partial charge in [-0.2, -0.15) is 0 Å². The molecular formula is C26H18ClFN4O2. The smallest absolute Gasteiger partial charge is 0.272 e. The molecule has 0 saturated heterocycles. The average Bonchev–Trinajstić information content (AvgIpc) is 3.43. The van der Waals surface area contributed by atoms with Crippen molar-refractivity contribution in [1.82, 2.24) is 10.3 Å². The van der Waals surface area contributed by atoms with Crippen LogP contribution in [0.3, 0.4) is 0 Å². The van der Waals surface area contributed by atoms with Crippen molar-refractivity contribution in [2.75, 3.05) is 11.4 Å². The van der Waals surface area contributed by atoms with E-state index in [4.69, 9.17) is 11.6 Å². The Morgan fingerprint density at radius 3 is 2.71 bits per heavy atom. The van der Waals surface area contributed by atoms with Gasteiger partial charge in [-0.3, -0.25) is 9.59 Å². The molecule has 3 aromatic carbocycles. The molecule has 2 amide bonds. The summed E-state index contributed by atoms with van der Waals surface area (Å²) in [6.07, 6.45) is -0.618. The summed E-state index contributed by atoms with van der Waals surface area (Å²) in [6, 6.07) is 19.0. The standard InChI is InChI=1S/C26H18ClFN4O2/c27-16-11-15-9-10-32-23(15)18(13-16)22(17-6-2-3-7-19(17)28)30-24(26(32)34)31-25(33)21-12-14-5-1-4-8-20(14)29-21/h1-8,11-13,24,29H,9-10H2,(H,31,33)/t24-/m0/s1. The van der Waals surface area contributed by atoms with E-state index in [9.17, 15) is 14.0 Å². The van der Waals surface area contributed by atoms with Gasteiger partial charge in [0.05, 0.1) is 11.4 Å². The number of hydrogen-bond donors (Lipinski definition) is 2. The maximum Gasteiger partial charge on any atom is 0.272 e. The highest BCUT2D eigenvalue weighted by atomic mass is 35.5. The van der Waals surface area contributed by atoms with E-state index in [1.165, 1.54) is 6.07 Å². The summed E-state index contributed by atoms with van der Waals surface area (Å²) in [5.74, 6) is -1.33. The maximum absolute atomic E-state index is 14.9. The molecule has 168 valence electrons. The minimum Gasteiger partial charge on any atom is -0.351 e. The van der Waals surface area contributed by atoms with Gasteiger partial charge in [0.15, 0.2) is 0 Å². The molecule has 0 fully saturated rings. The first-order chi connectivity index (χ1) is 16.5. The molecule has 0 unspecified atom stereocenters. The number of carbonyl (C=O) groups is 2. The Balaban J connectivity index is 1.47. The summed E-state index contributed by atoms with van der Waals surface area (Å²) in [4.78, 5) is 35.9. The number of rotatable bonds is 3. The van der Waals surface area contributed by atoms with E-state index < -0.39 is 17.9 Å². The lowest BCUT2D eigenvalue weighted by Crippen LogP contribution is -2.47. The number of halogens is 2. The van der Waals surface area contributed by atoms with Crippen LogP contribution in [0.5, 0.6) is 0 Å². The van der Waals surface area contributed by atoms with Crippen LogP contribution in [0.2, 0.25) is 5.02 Å². The van der Waals surface area contributed by atoms with Crippen LogP contribution in [0.4, 0.5) is 10.1 Å². The fourth-order valence-electron chi connectivity index (χ4n) is 4.67. The highest BCUT2D eigenvalue weighted by Crippen LogP contribution is 2.38. The number of aromatic nitrogens is 1. The number of aliphatic imine (C=N–C) groups is 1. The van der Waals surface area contributed by atoms with Crippen LogP contribution in [-0.4, -0.2) is 35.2 Å². The summed E-state index contributed by atoms with van der Waals surface area (Å²) in [7, 11) is 0. The molecule has 0 bridgehead atoms. The van der Waals surface area contributed by atoms with Crippen LogP contribution in [-0.2, 0) is 11.2 Å². The summed E-state index contributed by atoms with van der Waals surface area (Å²) >= 11 is 6.37. The summed E-state index contributed by atoms with van der Waals surface area (Å²) in [5, 5.41) is 4.09. The number of anilines is 1. The zero-order valence-corrected chi connectivity index (χ0v) is 18.6. The number of H-pyrrole nitrogens is 1. The second-order valence-electron chi connectivity index (χ2n) is 8.30. The molecule has 6 rings (SSSR count). The van der Waals surface area contributed by atoms with Gasteiger partial charge in [0.2, 0.25) is 6.17 Å². The van der Waals surface area contributed by atoms with Crippen molar-refractivity contribution in [3.63, 3.8) is 0 Å². The Morgan fingerprint density at radius 2 is 1.88 bits per heavy atom. The molecule has 3 heterocycles. The third-order valence-electron chi connectivity index (χ3n) is 6.21. The Hall–Kier alpha value is -3.97. The van der Waals surface area contributed by atoms with Gasteiger partial charge < -0.3 is 15.2 Å². The average molecular weight is 473 g/mol. The summed E-state index contributed by atoms with van der Waals surface area (Å²) in [6.45, 7) is 0.431. The lowest BCUT2D eigenvalue weighted by atomic mass is 9.97. The Labute approximate surface area is 199 Å². The van der Waals surface area contributed by atoms with E-state index in [2.05, 4.69) is 15.3 Å². The molecule has 34 heavy (non-hydrogen) atoms. The minimum absolute atomic E-state index is 0.235. The summed E-state index contributed by atoms with van der Waals surface area (Å²) in [5.41, 5.74) is 3.75. The Kier molecular flexibility index (Phi) is 4.74. The van der Waals surface area contributed by atoms with Crippen LogP contribution >= 0.6 is 11.6 Å². The van der Waals surface area contributed by atoms with Gasteiger partial charge in [-0.05, 0) is 48.4 Å². The molecule has 2 aliphatic heterocycles. The van der Waals surface area contributed by atoms with Crippen molar-refractivity contribution in [3.05, 3.63) is 100.0 Å². The lowest BCUT2D eigenvalue weighted by molar-refractivity contribution is -0.120. The van der Waals surface area contributed by atoms with E-state index in [-0.39, 0.29) is 17.2 Å². The first-order valence-corrected chi connectivity index (χ1v) is 11.2. The molecule has 2 N–H and O–H groups in total. The number of fused-ring (bicyclic) bond motifs is 1. The monoisotopic (exact) mass is 472 g/mol. The molecule has 0 spiro atoms. The Morgan fingerprint density at radius 1 is 1.09 bits per heavy atom. The largest absolute Gasteiger partial charge is 0.351 e. The van der Waals surface area contributed by atoms with Crippen molar-refractivity contribution in [3.8, 4) is 0 Å². The van der Waals surface area contributed by atoms with E-state index in [1.54, 1.807) is 35.2 Å². The van der Waals surface area contributed by atoms with Gasteiger partial charge in [-0.15, -0.1) is 0 Å². The van der Waals surface area contributed by atoms with E-state index in [1.807, 2.05) is 30.3 Å². The first kappa shape index (κ1) is 20.6. The maximum atomic E-state index is 14.9. The molecule has 1 atom stereocenters. The number of benzene rings is 3. The van der Waals surface area contributed by atoms with Crippen LogP contribution in [0, 0.1) is 5.82 Å². The third kappa shape index (κ3) is 3.28. The van der Waals surface area contributed by atoms with Gasteiger partial charge in [-0.1, -0.05) is 41.9 Å². The summed E-state index contributed by atoms with van der Waals surface area (Å²) < 4.78 is 14.9. The minimum atomic E-state index is -1.23. The normalized spacial score (nSPS) is 16.9. The lowest BCUT2D eigenvalue weighted by Gasteiger charge is -2.21. The van der Waals surface area contributed by atoms with Crippen LogP contribution in [0.25, 0.3) is 10.9 Å². The van der Waals surface area contributed by atoms with Crippen LogP contribution < -0.4 is 10.2 Å². The number of aromatic amines is 1. The second kappa shape index (κ2) is 7.81.